The maximum atomic E-state index is 13.4. The van der Waals surface area contributed by atoms with Gasteiger partial charge in [-0.1, -0.05) is 78.9 Å². The third-order valence-corrected chi connectivity index (χ3v) is 7.32. The number of carbonyl (C=O) groups excluding carboxylic acids is 2. The normalized spacial score (nSPS) is 14.2. The Balaban J connectivity index is 1.24. The Kier molecular flexibility index (Phi) is 8.93. The molecule has 4 N–H and O–H groups in total. The monoisotopic (exact) mass is 568 g/mol. The molecule has 216 valence electrons. The van der Waals surface area contributed by atoms with Crippen LogP contribution in [0.15, 0.2) is 91.4 Å². The van der Waals surface area contributed by atoms with E-state index in [1.807, 2.05) is 78.9 Å². The van der Waals surface area contributed by atoms with E-state index in [1.54, 1.807) is 6.92 Å². The molecule has 0 aliphatic heterocycles. The summed E-state index contributed by atoms with van der Waals surface area (Å²) in [7, 11) is 0. The van der Waals surface area contributed by atoms with Crippen molar-refractivity contribution in [3.05, 3.63) is 114 Å². The molecule has 0 saturated carbocycles. The van der Waals surface area contributed by atoms with Crippen LogP contribution in [-0.2, 0) is 32.1 Å². The zero-order valence-electron chi connectivity index (χ0n) is 23.0. The van der Waals surface area contributed by atoms with E-state index in [2.05, 4.69) is 20.6 Å². The number of fused-ring (bicyclic) bond motifs is 3. The Hall–Kier alpha value is -4.96. The number of rotatable bonds is 12. The van der Waals surface area contributed by atoms with Gasteiger partial charge in [0.1, 0.15) is 12.6 Å². The number of imidazole rings is 1. The molecular weight excluding hydrogens is 536 g/mol. The maximum absolute atomic E-state index is 13.4. The summed E-state index contributed by atoms with van der Waals surface area (Å²) in [5, 5.41) is 15.0. The predicted molar refractivity (Wildman–Crippen MR) is 155 cm³/mol. The number of ether oxygens (including phenoxy) is 2. The van der Waals surface area contributed by atoms with Gasteiger partial charge in [0, 0.05) is 24.2 Å². The first-order valence-electron chi connectivity index (χ1n) is 13.7. The molecule has 0 saturated heterocycles. The number of aliphatic carboxylic acids is 1. The summed E-state index contributed by atoms with van der Waals surface area (Å²) in [5.74, 6) is -2.10. The lowest BCUT2D eigenvalue weighted by atomic mass is 9.98. The second kappa shape index (κ2) is 13.1. The fourth-order valence-electron chi connectivity index (χ4n) is 5.14. The zero-order valence-corrected chi connectivity index (χ0v) is 23.0. The highest BCUT2D eigenvalue weighted by Crippen LogP contribution is 2.44. The second-order valence-corrected chi connectivity index (χ2v) is 10.1. The number of nitrogens with zero attached hydrogens (tertiary/aromatic N) is 1. The molecule has 3 atom stereocenters. The van der Waals surface area contributed by atoms with E-state index in [0.29, 0.717) is 5.69 Å². The molecule has 1 aliphatic carbocycles. The maximum Gasteiger partial charge on any atom is 0.407 e. The quantitative estimate of drug-likeness (QED) is 0.202. The van der Waals surface area contributed by atoms with Crippen molar-refractivity contribution in [2.24, 2.45) is 0 Å². The number of amides is 2. The molecule has 4 aromatic rings. The van der Waals surface area contributed by atoms with Gasteiger partial charge >= 0.3 is 12.1 Å². The van der Waals surface area contributed by atoms with Crippen LogP contribution in [-0.4, -0.2) is 57.8 Å². The number of alkyl carbamates (subject to hydrolysis) is 1. The van der Waals surface area contributed by atoms with Crippen molar-refractivity contribution >= 4 is 18.0 Å². The van der Waals surface area contributed by atoms with Gasteiger partial charge in [-0.3, -0.25) is 4.79 Å². The Morgan fingerprint density at radius 1 is 0.929 bits per heavy atom. The highest BCUT2D eigenvalue weighted by Gasteiger charge is 2.33. The second-order valence-electron chi connectivity index (χ2n) is 10.1. The van der Waals surface area contributed by atoms with E-state index in [-0.39, 0.29) is 25.6 Å². The number of carboxylic acids is 1. The number of hydrogen-bond donors (Lipinski definition) is 4. The average molecular weight is 569 g/mol. The molecule has 42 heavy (non-hydrogen) atoms. The molecule has 10 heteroatoms. The first kappa shape index (κ1) is 28.6. The minimum absolute atomic E-state index is 0.0433. The molecule has 0 spiro atoms. The van der Waals surface area contributed by atoms with Crippen molar-refractivity contribution < 1.29 is 29.0 Å². The van der Waals surface area contributed by atoms with Crippen LogP contribution >= 0.6 is 0 Å². The molecule has 3 aromatic carbocycles. The van der Waals surface area contributed by atoms with Crippen LogP contribution in [0.25, 0.3) is 11.1 Å². The van der Waals surface area contributed by atoms with Crippen LogP contribution < -0.4 is 10.6 Å². The summed E-state index contributed by atoms with van der Waals surface area (Å²) in [5.41, 5.74) is 5.77. The molecule has 0 bridgehead atoms. The van der Waals surface area contributed by atoms with Gasteiger partial charge in [0.25, 0.3) is 0 Å². The van der Waals surface area contributed by atoms with Crippen molar-refractivity contribution in [3.63, 3.8) is 0 Å². The largest absolute Gasteiger partial charge is 0.480 e. The van der Waals surface area contributed by atoms with E-state index in [4.69, 9.17) is 9.47 Å². The van der Waals surface area contributed by atoms with E-state index in [0.717, 1.165) is 27.8 Å². The molecule has 2 amide bonds. The van der Waals surface area contributed by atoms with Crippen LogP contribution in [0.2, 0.25) is 0 Å². The van der Waals surface area contributed by atoms with Crippen molar-refractivity contribution in [1.29, 1.82) is 0 Å². The average Bonchev–Trinajstić information content (AvgIpc) is 3.63. The Morgan fingerprint density at radius 3 is 2.19 bits per heavy atom. The van der Waals surface area contributed by atoms with Crippen molar-refractivity contribution in [2.45, 2.75) is 44.1 Å². The smallest absolute Gasteiger partial charge is 0.407 e. The number of carboxylic acid groups (broad SMARTS) is 1. The number of carbonyl (C=O) groups is 3. The summed E-state index contributed by atoms with van der Waals surface area (Å²) in [6.45, 7) is 1.82. The van der Waals surface area contributed by atoms with E-state index >= 15 is 0 Å². The molecule has 1 heterocycles. The number of aromatic nitrogens is 2. The van der Waals surface area contributed by atoms with Crippen LogP contribution in [0.1, 0.15) is 35.2 Å². The van der Waals surface area contributed by atoms with Gasteiger partial charge in [-0.05, 0) is 34.7 Å². The first-order valence-corrected chi connectivity index (χ1v) is 13.7. The number of benzene rings is 3. The summed E-state index contributed by atoms with van der Waals surface area (Å²) in [6, 6.07) is 22.8. The highest BCUT2D eigenvalue weighted by molar-refractivity contribution is 5.89. The molecule has 1 aliphatic rings. The highest BCUT2D eigenvalue weighted by atomic mass is 16.5. The molecule has 0 radical (unpaired) electrons. The first-order chi connectivity index (χ1) is 20.4. The number of H-pyrrole nitrogens is 1. The van der Waals surface area contributed by atoms with Crippen molar-refractivity contribution in [2.75, 3.05) is 6.61 Å². The molecule has 1 unspecified atom stereocenters. The minimum Gasteiger partial charge on any atom is -0.480 e. The minimum atomic E-state index is -1.35. The lowest BCUT2D eigenvalue weighted by molar-refractivity contribution is -0.146. The number of nitrogens with one attached hydrogen (secondary N) is 3. The number of aromatic amines is 1. The Morgan fingerprint density at radius 2 is 1.57 bits per heavy atom. The molecular formula is C32H32N4O6. The van der Waals surface area contributed by atoms with Gasteiger partial charge < -0.3 is 30.2 Å². The topological polar surface area (TPSA) is 143 Å². The van der Waals surface area contributed by atoms with Gasteiger partial charge in [0.2, 0.25) is 5.91 Å². The fraction of sp³-hybridized carbons (Fsp3) is 0.250. The fourth-order valence-corrected chi connectivity index (χ4v) is 5.14. The van der Waals surface area contributed by atoms with E-state index in [9.17, 15) is 19.5 Å². The van der Waals surface area contributed by atoms with Gasteiger partial charge in [0.15, 0.2) is 6.04 Å². The lowest BCUT2D eigenvalue weighted by Gasteiger charge is -2.25. The molecule has 5 rings (SSSR count). The van der Waals surface area contributed by atoms with Gasteiger partial charge in [0.05, 0.1) is 19.0 Å². The standard InChI is InChI=1S/C32H32N4O6/c1-20(41-17-21-9-3-2-4-10-21)29(31(38)39)36-30(37)28(15-22-16-33-19-34-22)35-32(40)42-18-27-25-13-7-5-11-23(25)24-12-6-8-14-26(24)27/h2-14,16,19-20,27-29H,15,17-18H2,1H3,(H,33,34)(H,35,40)(H,36,37)(H,38,39)/t20-,28?,29+/m1/s1. The van der Waals surface area contributed by atoms with Crippen LogP contribution in [0.5, 0.6) is 0 Å². The number of hydrogen-bond acceptors (Lipinski definition) is 6. The van der Waals surface area contributed by atoms with Crippen molar-refractivity contribution in [3.8, 4) is 11.1 Å². The Labute approximate surface area is 243 Å². The van der Waals surface area contributed by atoms with Gasteiger partial charge in [-0.2, -0.15) is 0 Å². The third-order valence-electron chi connectivity index (χ3n) is 7.32. The summed E-state index contributed by atoms with van der Waals surface area (Å²) < 4.78 is 11.4. The third kappa shape index (κ3) is 6.67. The van der Waals surface area contributed by atoms with Crippen LogP contribution in [0, 0.1) is 0 Å². The SMILES string of the molecule is C[C@@H](OCc1ccccc1)[C@H](NC(=O)C(Cc1cnc[nH]1)NC(=O)OCC1c2ccccc2-c2ccccc21)C(=O)O. The van der Waals surface area contributed by atoms with E-state index < -0.39 is 36.2 Å². The van der Waals surface area contributed by atoms with Gasteiger partial charge in [-0.25, -0.2) is 14.6 Å². The lowest BCUT2D eigenvalue weighted by Crippen LogP contribution is -2.55. The van der Waals surface area contributed by atoms with Crippen LogP contribution in [0.4, 0.5) is 4.79 Å². The summed E-state index contributed by atoms with van der Waals surface area (Å²) in [6.07, 6.45) is 1.38. The van der Waals surface area contributed by atoms with Crippen LogP contribution in [0.3, 0.4) is 0 Å². The van der Waals surface area contributed by atoms with Crippen molar-refractivity contribution in [1.82, 2.24) is 20.6 Å². The van der Waals surface area contributed by atoms with Gasteiger partial charge in [-0.15, -0.1) is 0 Å². The zero-order chi connectivity index (χ0) is 29.5. The predicted octanol–water partition coefficient (Wildman–Crippen LogP) is 4.03. The summed E-state index contributed by atoms with van der Waals surface area (Å²) in [4.78, 5) is 45.3. The molecule has 10 nitrogen and oxygen atoms in total. The van der Waals surface area contributed by atoms with E-state index in [1.165, 1.54) is 12.5 Å². The summed E-state index contributed by atoms with van der Waals surface area (Å²) >= 11 is 0. The Bertz CT molecular complexity index is 1480. The molecule has 0 fully saturated rings. The molecule has 1 aromatic heterocycles.